The second kappa shape index (κ2) is 7.40. The van der Waals surface area contributed by atoms with Crippen LogP contribution in [0, 0.1) is 0 Å². The van der Waals surface area contributed by atoms with Gasteiger partial charge in [-0.3, -0.25) is 0 Å². The predicted octanol–water partition coefficient (Wildman–Crippen LogP) is 2.97. The van der Waals surface area contributed by atoms with Crippen molar-refractivity contribution in [3.8, 4) is 16.9 Å². The number of likely N-dealkylation sites (tertiary alicyclic amines) is 1. The number of hydrogen-bond acceptors (Lipinski definition) is 6. The number of rotatable bonds is 6. The van der Waals surface area contributed by atoms with Crippen molar-refractivity contribution in [2.45, 2.75) is 25.2 Å². The predicted molar refractivity (Wildman–Crippen MR) is 97.7 cm³/mol. The molecule has 2 saturated heterocycles. The molecule has 27 heavy (non-hydrogen) atoms. The highest BCUT2D eigenvalue weighted by Crippen LogP contribution is 2.36. The molecule has 0 atom stereocenters. The van der Waals surface area contributed by atoms with Crippen molar-refractivity contribution in [2.24, 2.45) is 0 Å². The molecule has 4 rings (SSSR count). The molecule has 0 saturated carbocycles. The van der Waals surface area contributed by atoms with Crippen LogP contribution in [0.15, 0.2) is 54.6 Å². The monoisotopic (exact) mass is 367 g/mol. The molecule has 0 unspecified atom stereocenters. The summed E-state index contributed by atoms with van der Waals surface area (Å²) in [6, 6.07) is 18.2. The lowest BCUT2D eigenvalue weighted by molar-refractivity contribution is -0.234. The Balaban J connectivity index is 1.27. The Kier molecular flexibility index (Phi) is 4.81. The van der Waals surface area contributed by atoms with Gasteiger partial charge in [0.2, 0.25) is 0 Å². The molecule has 2 fully saturated rings. The van der Waals surface area contributed by atoms with Gasteiger partial charge in [-0.05, 0) is 36.1 Å². The molecule has 6 nitrogen and oxygen atoms in total. The van der Waals surface area contributed by atoms with E-state index in [-0.39, 0.29) is 0 Å². The van der Waals surface area contributed by atoms with Gasteiger partial charge >= 0.3 is 17.8 Å². The fourth-order valence-corrected chi connectivity index (χ4v) is 3.55. The van der Waals surface area contributed by atoms with E-state index in [1.54, 1.807) is 0 Å². The summed E-state index contributed by atoms with van der Waals surface area (Å²) in [4.78, 5) is 24.7. The van der Waals surface area contributed by atoms with Crippen molar-refractivity contribution < 1.29 is 23.8 Å². The number of esters is 2. The van der Waals surface area contributed by atoms with Gasteiger partial charge in [-0.15, -0.1) is 0 Å². The van der Waals surface area contributed by atoms with Gasteiger partial charge in [0, 0.05) is 19.5 Å². The zero-order chi connectivity index (χ0) is 18.7. The van der Waals surface area contributed by atoms with Crippen molar-refractivity contribution in [1.29, 1.82) is 0 Å². The first kappa shape index (κ1) is 17.5. The third-order valence-corrected chi connectivity index (χ3v) is 4.88. The van der Waals surface area contributed by atoms with Crippen LogP contribution in [-0.4, -0.2) is 42.4 Å². The molecule has 0 bridgehead atoms. The summed E-state index contributed by atoms with van der Waals surface area (Å²) >= 11 is 0. The molecule has 140 valence electrons. The zero-order valence-corrected chi connectivity index (χ0v) is 14.9. The molecular formula is C21H21NO5. The maximum Gasteiger partial charge on any atom is 0.421 e. The van der Waals surface area contributed by atoms with Gasteiger partial charge in [-0.25, -0.2) is 14.5 Å². The van der Waals surface area contributed by atoms with Gasteiger partial charge in [0.25, 0.3) is 0 Å². The standard InChI is InChI=1S/C21H21NO5/c23-19-20(24)27-21(26-19)12-4-13-22(21)14-5-15-25-18-10-8-17(9-11-18)16-6-2-1-3-7-16/h1-3,6-11H,4-5,12-15H2. The molecule has 2 aliphatic rings. The molecule has 0 radical (unpaired) electrons. The van der Waals surface area contributed by atoms with E-state index in [1.807, 2.05) is 47.4 Å². The molecule has 2 aromatic rings. The highest BCUT2D eigenvalue weighted by Gasteiger charge is 2.55. The summed E-state index contributed by atoms with van der Waals surface area (Å²) in [5.41, 5.74) is 2.32. The van der Waals surface area contributed by atoms with Crippen molar-refractivity contribution in [1.82, 2.24) is 4.90 Å². The van der Waals surface area contributed by atoms with E-state index in [9.17, 15) is 9.59 Å². The Morgan fingerprint density at radius 3 is 2.30 bits per heavy atom. The SMILES string of the molecule is O=C1OC2(CCCN2CCCOc2ccc(-c3ccccc3)cc2)OC1=O. The van der Waals surface area contributed by atoms with Crippen LogP contribution in [-0.2, 0) is 19.1 Å². The van der Waals surface area contributed by atoms with Crippen molar-refractivity contribution in [3.05, 3.63) is 54.6 Å². The average Bonchev–Trinajstić information content (AvgIpc) is 3.21. The summed E-state index contributed by atoms with van der Waals surface area (Å²) in [6.07, 6.45) is 2.08. The number of nitrogens with zero attached hydrogens (tertiary/aromatic N) is 1. The van der Waals surface area contributed by atoms with Crippen LogP contribution >= 0.6 is 0 Å². The lowest BCUT2D eigenvalue weighted by Gasteiger charge is -2.30. The molecule has 6 heteroatoms. The Morgan fingerprint density at radius 1 is 0.926 bits per heavy atom. The lowest BCUT2D eigenvalue weighted by atomic mass is 10.1. The maximum absolute atomic E-state index is 11.4. The molecule has 2 heterocycles. The fourth-order valence-electron chi connectivity index (χ4n) is 3.55. The summed E-state index contributed by atoms with van der Waals surface area (Å²) in [5, 5.41) is 0. The van der Waals surface area contributed by atoms with Crippen molar-refractivity contribution >= 4 is 11.9 Å². The second-order valence-corrected chi connectivity index (χ2v) is 6.67. The molecular weight excluding hydrogens is 346 g/mol. The summed E-state index contributed by atoms with van der Waals surface area (Å²) in [6.45, 7) is 1.88. The smallest absolute Gasteiger partial charge is 0.421 e. The Morgan fingerprint density at radius 2 is 1.59 bits per heavy atom. The van der Waals surface area contributed by atoms with E-state index in [0.717, 1.165) is 30.7 Å². The van der Waals surface area contributed by atoms with Crippen LogP contribution in [0.1, 0.15) is 19.3 Å². The highest BCUT2D eigenvalue weighted by molar-refractivity contribution is 6.31. The maximum atomic E-state index is 11.4. The quantitative estimate of drug-likeness (QED) is 0.444. The Hall–Kier alpha value is -2.86. The van der Waals surface area contributed by atoms with Gasteiger partial charge in [0.05, 0.1) is 6.61 Å². The molecule has 1 spiro atoms. The highest BCUT2D eigenvalue weighted by atomic mass is 16.8. The number of carbonyl (C=O) groups excluding carboxylic acids is 2. The van der Waals surface area contributed by atoms with Crippen molar-refractivity contribution in [3.63, 3.8) is 0 Å². The van der Waals surface area contributed by atoms with Gasteiger partial charge in [-0.1, -0.05) is 42.5 Å². The van der Waals surface area contributed by atoms with Crippen molar-refractivity contribution in [2.75, 3.05) is 19.7 Å². The lowest BCUT2D eigenvalue weighted by Crippen LogP contribution is -2.45. The Labute approximate surface area is 157 Å². The molecule has 0 N–H and O–H groups in total. The third kappa shape index (κ3) is 3.66. The minimum atomic E-state index is -1.19. The normalized spacial score (nSPS) is 18.5. The van der Waals surface area contributed by atoms with Crippen LogP contribution in [0.2, 0.25) is 0 Å². The largest absolute Gasteiger partial charge is 0.494 e. The molecule has 0 aliphatic carbocycles. The fraction of sp³-hybridized carbons (Fsp3) is 0.333. The molecule has 2 aromatic carbocycles. The summed E-state index contributed by atoms with van der Waals surface area (Å²) < 4.78 is 16.2. The third-order valence-electron chi connectivity index (χ3n) is 4.88. The van der Waals surface area contributed by atoms with Crippen LogP contribution in [0.5, 0.6) is 5.75 Å². The molecule has 2 aliphatic heterocycles. The van der Waals surface area contributed by atoms with Gasteiger partial charge in [0.15, 0.2) is 0 Å². The van der Waals surface area contributed by atoms with E-state index in [1.165, 1.54) is 5.56 Å². The van der Waals surface area contributed by atoms with E-state index < -0.39 is 17.8 Å². The average molecular weight is 367 g/mol. The minimum Gasteiger partial charge on any atom is -0.494 e. The Bertz CT molecular complexity index is 802. The first-order chi connectivity index (χ1) is 13.2. The zero-order valence-electron chi connectivity index (χ0n) is 14.9. The van der Waals surface area contributed by atoms with E-state index >= 15 is 0 Å². The van der Waals surface area contributed by atoms with Gasteiger partial charge in [0.1, 0.15) is 5.75 Å². The number of ether oxygens (including phenoxy) is 3. The van der Waals surface area contributed by atoms with Gasteiger partial charge in [-0.2, -0.15) is 0 Å². The van der Waals surface area contributed by atoms with E-state index in [4.69, 9.17) is 14.2 Å². The van der Waals surface area contributed by atoms with Crippen LogP contribution in [0.4, 0.5) is 0 Å². The van der Waals surface area contributed by atoms with Crippen LogP contribution in [0.25, 0.3) is 11.1 Å². The first-order valence-electron chi connectivity index (χ1n) is 9.16. The first-order valence-corrected chi connectivity index (χ1v) is 9.16. The number of hydrogen-bond donors (Lipinski definition) is 0. The number of benzene rings is 2. The molecule has 0 amide bonds. The second-order valence-electron chi connectivity index (χ2n) is 6.67. The van der Waals surface area contributed by atoms with Gasteiger partial charge < -0.3 is 14.2 Å². The summed E-state index contributed by atoms with van der Waals surface area (Å²) in [7, 11) is 0. The van der Waals surface area contributed by atoms with E-state index in [0.29, 0.717) is 19.6 Å². The molecule has 0 aromatic heterocycles. The number of carbonyl (C=O) groups is 2. The van der Waals surface area contributed by atoms with Crippen LogP contribution < -0.4 is 4.74 Å². The van der Waals surface area contributed by atoms with Crippen LogP contribution in [0.3, 0.4) is 0 Å². The van der Waals surface area contributed by atoms with E-state index in [2.05, 4.69) is 12.1 Å². The summed E-state index contributed by atoms with van der Waals surface area (Å²) in [5.74, 6) is -2.19. The minimum absolute atomic E-state index is 0.520. The topological polar surface area (TPSA) is 65.1 Å².